The van der Waals surface area contributed by atoms with E-state index >= 15 is 0 Å². The van der Waals surface area contributed by atoms with Crippen molar-refractivity contribution in [1.29, 1.82) is 0 Å². The highest BCUT2D eigenvalue weighted by atomic mass is 19.4. The molecule has 3 rings (SSSR count). The Hall–Kier alpha value is -4.95. The molecular formula is C34H33F5O9. The van der Waals surface area contributed by atoms with Gasteiger partial charge in [-0.3, -0.25) is 0 Å². The maximum atomic E-state index is 14.9. The second kappa shape index (κ2) is 17.3. The average molecular weight is 681 g/mol. The van der Waals surface area contributed by atoms with Crippen LogP contribution in [0.1, 0.15) is 30.4 Å². The molecule has 258 valence electrons. The summed E-state index contributed by atoms with van der Waals surface area (Å²) in [6.07, 6.45) is -8.32. The summed E-state index contributed by atoms with van der Waals surface area (Å²) in [5.74, 6) is -1.68. The minimum Gasteiger partial charge on any atom is -0.457 e. The summed E-state index contributed by atoms with van der Waals surface area (Å²) in [6.45, 7) is 4.36. The van der Waals surface area contributed by atoms with Gasteiger partial charge in [0.2, 0.25) is 13.6 Å². The van der Waals surface area contributed by atoms with Crippen molar-refractivity contribution >= 4 is 11.9 Å². The van der Waals surface area contributed by atoms with Crippen molar-refractivity contribution in [3.8, 4) is 28.4 Å². The van der Waals surface area contributed by atoms with Gasteiger partial charge in [0.25, 0.3) is 0 Å². The van der Waals surface area contributed by atoms with Gasteiger partial charge in [0.05, 0.1) is 29.9 Å². The summed E-state index contributed by atoms with van der Waals surface area (Å²) in [6, 6.07) is 15.2. The predicted molar refractivity (Wildman–Crippen MR) is 162 cm³/mol. The highest BCUT2D eigenvalue weighted by Crippen LogP contribution is 2.35. The lowest BCUT2D eigenvalue weighted by Crippen LogP contribution is -2.21. The van der Waals surface area contributed by atoms with Gasteiger partial charge in [0.15, 0.2) is 0 Å². The Morgan fingerprint density at radius 1 is 0.667 bits per heavy atom. The lowest BCUT2D eigenvalue weighted by molar-refractivity contribution is -0.185. The SMILES string of the molecule is C=C(CO)C(=O)OCOc1cc(OCOC(=O)C(=C)CO)cc(-c2ccc(OC(F)(F)c3ccc(CCCCC(F)(F)F)cc3)cc2)c1. The Morgan fingerprint density at radius 3 is 1.67 bits per heavy atom. The normalized spacial score (nSPS) is 11.4. The predicted octanol–water partition coefficient (Wildman–Crippen LogP) is 6.61. The second-order valence-corrected chi connectivity index (χ2v) is 10.3. The third-order valence-corrected chi connectivity index (χ3v) is 6.57. The van der Waals surface area contributed by atoms with E-state index in [1.807, 2.05) is 0 Å². The van der Waals surface area contributed by atoms with Gasteiger partial charge >= 0.3 is 24.2 Å². The number of ether oxygens (including phenoxy) is 5. The number of alkyl halides is 5. The zero-order valence-electron chi connectivity index (χ0n) is 25.6. The first-order valence-corrected chi connectivity index (χ1v) is 14.4. The van der Waals surface area contributed by atoms with Gasteiger partial charge in [-0.15, -0.1) is 0 Å². The van der Waals surface area contributed by atoms with Gasteiger partial charge in [-0.1, -0.05) is 37.4 Å². The Kier molecular flexibility index (Phi) is 13.5. The third kappa shape index (κ3) is 12.0. The highest BCUT2D eigenvalue weighted by Gasteiger charge is 2.34. The van der Waals surface area contributed by atoms with Crippen molar-refractivity contribution in [3.63, 3.8) is 0 Å². The number of hydrogen-bond donors (Lipinski definition) is 2. The molecule has 0 aromatic heterocycles. The van der Waals surface area contributed by atoms with Crippen LogP contribution in [0.15, 0.2) is 91.0 Å². The molecule has 0 bridgehead atoms. The topological polar surface area (TPSA) is 121 Å². The number of aliphatic hydroxyl groups excluding tert-OH is 2. The van der Waals surface area contributed by atoms with Crippen molar-refractivity contribution in [2.45, 2.75) is 38.0 Å². The Balaban J connectivity index is 1.70. The fourth-order valence-electron chi connectivity index (χ4n) is 3.98. The van der Waals surface area contributed by atoms with E-state index in [1.165, 1.54) is 54.6 Å². The summed E-state index contributed by atoms with van der Waals surface area (Å²) in [7, 11) is 0. The Bertz CT molecular complexity index is 1500. The van der Waals surface area contributed by atoms with E-state index in [-0.39, 0.29) is 41.2 Å². The standard InChI is InChI=1S/C34H33F5O9/c1-22(18-40)31(42)46-20-44-29-15-26(16-30(17-29)45-21-47-32(43)23(2)19-41)25-8-12-28(13-9-25)48-34(38,39)27-10-6-24(7-11-27)5-3-4-14-33(35,36)37/h6-13,15-17,40-41H,1-5,14,18-21H2. The van der Waals surface area contributed by atoms with Crippen LogP contribution in [-0.2, 0) is 31.6 Å². The van der Waals surface area contributed by atoms with Crippen LogP contribution in [0, 0.1) is 0 Å². The molecule has 3 aromatic rings. The molecule has 14 heteroatoms. The van der Waals surface area contributed by atoms with Crippen LogP contribution in [0.2, 0.25) is 0 Å². The molecule has 0 heterocycles. The van der Waals surface area contributed by atoms with Crippen molar-refractivity contribution in [3.05, 3.63) is 102 Å². The summed E-state index contributed by atoms with van der Waals surface area (Å²) in [5.41, 5.74) is 0.745. The zero-order valence-corrected chi connectivity index (χ0v) is 25.6. The molecule has 0 saturated carbocycles. The number of rotatable bonds is 18. The first-order chi connectivity index (χ1) is 22.7. The fourth-order valence-corrected chi connectivity index (χ4v) is 3.98. The van der Waals surface area contributed by atoms with Crippen LogP contribution in [-0.4, -0.2) is 55.1 Å². The lowest BCUT2D eigenvalue weighted by Gasteiger charge is -2.19. The minimum atomic E-state index is -4.23. The lowest BCUT2D eigenvalue weighted by atomic mass is 10.0. The average Bonchev–Trinajstić information content (AvgIpc) is 3.05. The molecule has 0 atom stereocenters. The van der Waals surface area contributed by atoms with Crippen LogP contribution in [0.25, 0.3) is 11.1 Å². The van der Waals surface area contributed by atoms with Gasteiger partial charge in [-0.2, -0.15) is 22.0 Å². The van der Waals surface area contributed by atoms with Crippen LogP contribution in [0.3, 0.4) is 0 Å². The van der Waals surface area contributed by atoms with E-state index in [0.717, 1.165) is 12.1 Å². The molecular weight excluding hydrogens is 647 g/mol. The number of aryl methyl sites for hydroxylation is 1. The minimum absolute atomic E-state index is 0.0547. The Morgan fingerprint density at radius 2 is 1.19 bits per heavy atom. The molecule has 48 heavy (non-hydrogen) atoms. The van der Waals surface area contributed by atoms with Gasteiger partial charge in [0.1, 0.15) is 17.2 Å². The third-order valence-electron chi connectivity index (χ3n) is 6.57. The van der Waals surface area contributed by atoms with Crippen LogP contribution < -0.4 is 14.2 Å². The number of unbranched alkanes of at least 4 members (excludes halogenated alkanes) is 1. The molecule has 0 fully saturated rings. The van der Waals surface area contributed by atoms with Gasteiger partial charge < -0.3 is 33.9 Å². The largest absolute Gasteiger partial charge is 0.457 e. The summed E-state index contributed by atoms with van der Waals surface area (Å²) in [4.78, 5) is 23.5. The van der Waals surface area contributed by atoms with E-state index in [4.69, 9.17) is 33.9 Å². The molecule has 3 aromatic carbocycles. The molecule has 0 unspecified atom stereocenters. The van der Waals surface area contributed by atoms with Crippen molar-refractivity contribution in [2.75, 3.05) is 26.8 Å². The van der Waals surface area contributed by atoms with Crippen LogP contribution >= 0.6 is 0 Å². The van der Waals surface area contributed by atoms with Crippen molar-refractivity contribution in [2.24, 2.45) is 0 Å². The summed E-state index contributed by atoms with van der Waals surface area (Å²) < 4.78 is 92.5. The zero-order chi connectivity index (χ0) is 35.3. The van der Waals surface area contributed by atoms with Crippen molar-refractivity contribution in [1.82, 2.24) is 0 Å². The molecule has 2 N–H and O–H groups in total. The quantitative estimate of drug-likeness (QED) is 0.0503. The first-order valence-electron chi connectivity index (χ1n) is 14.4. The Labute approximate surface area is 272 Å². The summed E-state index contributed by atoms with van der Waals surface area (Å²) >= 11 is 0. The van der Waals surface area contributed by atoms with Crippen molar-refractivity contribution < 1.29 is 65.4 Å². The van der Waals surface area contributed by atoms with Gasteiger partial charge in [0, 0.05) is 12.5 Å². The monoisotopic (exact) mass is 680 g/mol. The fraction of sp³-hybridized carbons (Fsp3) is 0.294. The molecule has 9 nitrogen and oxygen atoms in total. The number of esters is 2. The number of carbonyl (C=O) groups is 2. The van der Waals surface area contributed by atoms with Crippen LogP contribution in [0.4, 0.5) is 22.0 Å². The first kappa shape index (κ1) is 37.5. The molecule has 0 amide bonds. The highest BCUT2D eigenvalue weighted by molar-refractivity contribution is 5.88. The maximum absolute atomic E-state index is 14.9. The van der Waals surface area contributed by atoms with E-state index in [2.05, 4.69) is 13.2 Å². The molecule has 0 aliphatic heterocycles. The molecule has 0 saturated heterocycles. The molecule has 0 aliphatic rings. The number of benzene rings is 3. The smallest absolute Gasteiger partial charge is 0.426 e. The van der Waals surface area contributed by atoms with E-state index < -0.39 is 63.0 Å². The van der Waals surface area contributed by atoms with Gasteiger partial charge in [-0.05, 0) is 72.4 Å². The molecule has 0 spiro atoms. The number of halogens is 5. The number of aliphatic hydroxyl groups is 2. The molecule has 0 radical (unpaired) electrons. The number of carbonyl (C=O) groups excluding carboxylic acids is 2. The number of hydrogen-bond acceptors (Lipinski definition) is 9. The second-order valence-electron chi connectivity index (χ2n) is 10.3. The van der Waals surface area contributed by atoms with Crippen LogP contribution in [0.5, 0.6) is 17.2 Å². The molecule has 0 aliphatic carbocycles. The van der Waals surface area contributed by atoms with E-state index in [1.54, 1.807) is 0 Å². The maximum Gasteiger partial charge on any atom is 0.426 e. The summed E-state index contributed by atoms with van der Waals surface area (Å²) in [5, 5.41) is 18.0. The van der Waals surface area contributed by atoms with E-state index in [0.29, 0.717) is 23.1 Å². The van der Waals surface area contributed by atoms with Gasteiger partial charge in [-0.25, -0.2) is 9.59 Å². The van der Waals surface area contributed by atoms with E-state index in [9.17, 15) is 31.5 Å².